The van der Waals surface area contributed by atoms with Gasteiger partial charge in [0.1, 0.15) is 18.7 Å². The molecule has 0 saturated carbocycles. The van der Waals surface area contributed by atoms with Crippen molar-refractivity contribution in [2.24, 2.45) is 10.9 Å². The number of aromatic nitrogens is 2. The van der Waals surface area contributed by atoms with Crippen molar-refractivity contribution < 1.29 is 14.7 Å². The van der Waals surface area contributed by atoms with E-state index >= 15 is 0 Å². The molecule has 0 radical (unpaired) electrons. The number of nitrogens with zero attached hydrogens (tertiary/aromatic N) is 3. The van der Waals surface area contributed by atoms with Crippen LogP contribution in [0.25, 0.3) is 11.3 Å². The molecule has 2 aromatic carbocycles. The third kappa shape index (κ3) is 6.75. The van der Waals surface area contributed by atoms with E-state index in [9.17, 15) is 14.7 Å². The Bertz CT molecular complexity index is 1580. The fraction of sp³-hybridized carbons (Fsp3) is 0.333. The maximum atomic E-state index is 14.1. The van der Waals surface area contributed by atoms with Crippen molar-refractivity contribution in [3.05, 3.63) is 110 Å². The molecule has 1 aliphatic carbocycles. The number of carbonyl (C=O) groups is 1. The first-order chi connectivity index (χ1) is 20.2. The van der Waals surface area contributed by atoms with E-state index in [-0.39, 0.29) is 5.56 Å². The third-order valence-electron chi connectivity index (χ3n) is 7.26. The number of allylic oxidation sites excluding steroid dienone is 2. The van der Waals surface area contributed by atoms with Crippen LogP contribution in [0.5, 0.6) is 0 Å². The molecule has 1 amide bonds. The Kier molecular flexibility index (Phi) is 9.88. The molecule has 1 atom stereocenters. The summed E-state index contributed by atoms with van der Waals surface area (Å²) in [5, 5.41) is 17.0. The highest BCUT2D eigenvalue weighted by atomic mass is 16.6. The van der Waals surface area contributed by atoms with Gasteiger partial charge in [-0.05, 0) is 60.6 Å². The number of amides is 1. The monoisotopic (exact) mass is 569 g/mol. The van der Waals surface area contributed by atoms with Crippen LogP contribution >= 0.6 is 0 Å². The van der Waals surface area contributed by atoms with Gasteiger partial charge in [0, 0.05) is 24.0 Å². The number of carbonyl (C=O) groups excluding carboxylic acids is 1. The standard InChI is InChI=1S/C33H39N5O4/c1-5-10-29-28(32(40)38(30(6-2)36-29)25-12-9-11-24(20-25)33(3,34)41)19-22-15-17-23(18-16-22)26-13-7-8-14-27(26)31(35-21-39)37-42-4/h9,11-18,20-21,41H,5-8,10,19,34H2,1-4H3,(H,35,37,39). The highest BCUT2D eigenvalue weighted by Crippen LogP contribution is 2.30. The molecule has 0 saturated heterocycles. The number of hydrogen-bond acceptors (Lipinski definition) is 7. The summed E-state index contributed by atoms with van der Waals surface area (Å²) in [7, 11) is 1.44. The first-order valence-corrected chi connectivity index (χ1v) is 14.3. The second kappa shape index (κ2) is 13.5. The van der Waals surface area contributed by atoms with Crippen molar-refractivity contribution >= 4 is 17.8 Å². The van der Waals surface area contributed by atoms with Crippen molar-refractivity contribution in [2.45, 2.75) is 65.0 Å². The zero-order valence-corrected chi connectivity index (χ0v) is 24.7. The Hall–Kier alpha value is -4.34. The number of nitrogens with one attached hydrogen (secondary N) is 1. The second-order valence-electron chi connectivity index (χ2n) is 10.5. The number of oxime groups is 1. The summed E-state index contributed by atoms with van der Waals surface area (Å²) in [4.78, 5) is 35.2. The van der Waals surface area contributed by atoms with Crippen molar-refractivity contribution in [2.75, 3.05) is 7.11 Å². The van der Waals surface area contributed by atoms with Crippen molar-refractivity contribution in [1.29, 1.82) is 0 Å². The van der Waals surface area contributed by atoms with Gasteiger partial charge in [-0.3, -0.25) is 14.2 Å². The van der Waals surface area contributed by atoms with Crippen LogP contribution in [-0.4, -0.2) is 34.0 Å². The minimum absolute atomic E-state index is 0.122. The number of rotatable bonds is 11. The number of aliphatic hydroxyl groups is 1. The zero-order chi connectivity index (χ0) is 30.3. The molecule has 9 nitrogen and oxygen atoms in total. The van der Waals surface area contributed by atoms with Gasteiger partial charge in [0.2, 0.25) is 6.41 Å². The van der Waals surface area contributed by atoms with E-state index in [1.165, 1.54) is 14.0 Å². The summed E-state index contributed by atoms with van der Waals surface area (Å²) < 4.78 is 1.64. The Morgan fingerprint density at radius 3 is 2.57 bits per heavy atom. The molecule has 9 heteroatoms. The molecule has 3 aromatic rings. The minimum Gasteiger partial charge on any atom is -0.397 e. The maximum absolute atomic E-state index is 14.1. The van der Waals surface area contributed by atoms with Gasteiger partial charge in [0.15, 0.2) is 5.84 Å². The Balaban J connectivity index is 1.73. The first kappa shape index (κ1) is 30.6. The summed E-state index contributed by atoms with van der Waals surface area (Å²) in [5.74, 6) is 1.02. The summed E-state index contributed by atoms with van der Waals surface area (Å²) in [6.45, 7) is 5.57. The smallest absolute Gasteiger partial charge is 0.261 e. The molecule has 1 aromatic heterocycles. The van der Waals surface area contributed by atoms with Gasteiger partial charge in [0.05, 0.1) is 11.4 Å². The lowest BCUT2D eigenvalue weighted by Crippen LogP contribution is -2.33. The normalized spacial score (nSPS) is 15.0. The number of benzene rings is 2. The van der Waals surface area contributed by atoms with Crippen LogP contribution in [0.2, 0.25) is 0 Å². The van der Waals surface area contributed by atoms with E-state index in [1.54, 1.807) is 22.8 Å². The van der Waals surface area contributed by atoms with Crippen molar-refractivity contribution in [3.8, 4) is 5.69 Å². The topological polar surface area (TPSA) is 132 Å². The van der Waals surface area contributed by atoms with Crippen molar-refractivity contribution in [3.63, 3.8) is 0 Å². The lowest BCUT2D eigenvalue weighted by molar-refractivity contribution is -0.108. The SMILES string of the molecule is CCCc1nc(CC)n(-c2cccc(C(C)(N)O)c2)c(=O)c1Cc1ccc(C2=CCCC=C2/C(=N/OC)NC=O)cc1. The van der Waals surface area contributed by atoms with Gasteiger partial charge >= 0.3 is 0 Å². The number of nitrogens with two attached hydrogens (primary N) is 1. The van der Waals surface area contributed by atoms with E-state index in [0.29, 0.717) is 54.1 Å². The Morgan fingerprint density at radius 2 is 1.93 bits per heavy atom. The van der Waals surface area contributed by atoms with Gasteiger partial charge in [-0.1, -0.05) is 74.0 Å². The molecule has 0 fully saturated rings. The minimum atomic E-state index is -1.53. The van der Waals surface area contributed by atoms with Gasteiger partial charge < -0.3 is 21.0 Å². The van der Waals surface area contributed by atoms with Crippen LogP contribution in [0.15, 0.2) is 76.2 Å². The zero-order valence-electron chi connectivity index (χ0n) is 24.7. The summed E-state index contributed by atoms with van der Waals surface area (Å²) in [5.41, 5.74) is 10.6. The van der Waals surface area contributed by atoms with Crippen LogP contribution < -0.4 is 16.6 Å². The Labute approximate surface area is 246 Å². The number of hydrogen-bond donors (Lipinski definition) is 3. The molecular weight excluding hydrogens is 530 g/mol. The van der Waals surface area contributed by atoms with Crippen LogP contribution in [0, 0.1) is 0 Å². The van der Waals surface area contributed by atoms with Crippen molar-refractivity contribution in [1.82, 2.24) is 14.9 Å². The van der Waals surface area contributed by atoms with E-state index in [1.807, 2.05) is 43.3 Å². The average Bonchev–Trinajstić information content (AvgIpc) is 2.98. The van der Waals surface area contributed by atoms with Gasteiger partial charge in [-0.15, -0.1) is 0 Å². The molecule has 4 N–H and O–H groups in total. The van der Waals surface area contributed by atoms with Crippen LogP contribution in [0.1, 0.15) is 73.8 Å². The summed E-state index contributed by atoms with van der Waals surface area (Å²) in [6, 6.07) is 15.2. The quantitative estimate of drug-likeness (QED) is 0.104. The predicted molar refractivity (Wildman–Crippen MR) is 165 cm³/mol. The molecule has 0 bridgehead atoms. The molecule has 1 heterocycles. The largest absolute Gasteiger partial charge is 0.397 e. The molecule has 1 unspecified atom stereocenters. The molecule has 4 rings (SSSR count). The molecule has 0 aliphatic heterocycles. The van der Waals surface area contributed by atoms with Crippen LogP contribution in [0.3, 0.4) is 0 Å². The van der Waals surface area contributed by atoms with Gasteiger partial charge in [-0.2, -0.15) is 0 Å². The average molecular weight is 570 g/mol. The fourth-order valence-electron chi connectivity index (χ4n) is 5.21. The number of aryl methyl sites for hydroxylation is 2. The maximum Gasteiger partial charge on any atom is 0.261 e. The van der Waals surface area contributed by atoms with E-state index < -0.39 is 5.72 Å². The highest BCUT2D eigenvalue weighted by molar-refractivity contribution is 6.14. The predicted octanol–water partition coefficient (Wildman–Crippen LogP) is 4.27. The molecule has 0 spiro atoms. The summed E-state index contributed by atoms with van der Waals surface area (Å²) in [6.07, 6.45) is 9.00. The Morgan fingerprint density at radius 1 is 1.19 bits per heavy atom. The second-order valence-corrected chi connectivity index (χ2v) is 10.5. The fourth-order valence-corrected chi connectivity index (χ4v) is 5.21. The number of amidine groups is 1. The molecular formula is C33H39N5O4. The highest BCUT2D eigenvalue weighted by Gasteiger charge is 2.21. The molecule has 42 heavy (non-hydrogen) atoms. The lowest BCUT2D eigenvalue weighted by atomic mass is 9.90. The lowest BCUT2D eigenvalue weighted by Gasteiger charge is -2.21. The molecule has 220 valence electrons. The summed E-state index contributed by atoms with van der Waals surface area (Å²) >= 11 is 0. The first-order valence-electron chi connectivity index (χ1n) is 14.3. The third-order valence-corrected chi connectivity index (χ3v) is 7.26. The van der Waals surface area contributed by atoms with E-state index in [2.05, 4.69) is 23.5 Å². The van der Waals surface area contributed by atoms with Crippen LogP contribution in [-0.2, 0) is 34.6 Å². The van der Waals surface area contributed by atoms with Gasteiger partial charge in [-0.25, -0.2) is 4.98 Å². The van der Waals surface area contributed by atoms with Gasteiger partial charge in [0.25, 0.3) is 5.56 Å². The van der Waals surface area contributed by atoms with E-state index in [4.69, 9.17) is 15.6 Å². The van der Waals surface area contributed by atoms with E-state index in [0.717, 1.165) is 47.2 Å². The van der Waals surface area contributed by atoms with Crippen LogP contribution in [0.4, 0.5) is 0 Å². The molecule has 1 aliphatic rings.